The molecular formula is C24H18F4N8O5P+. The number of carbonyl (C=O) groups is 2. The molecule has 2 aromatic heterocycles. The minimum Gasteiger partial charge on any atom is -0.300 e. The van der Waals surface area contributed by atoms with Gasteiger partial charge in [0.1, 0.15) is 11.4 Å². The highest BCUT2D eigenvalue weighted by Crippen LogP contribution is 2.45. The molecule has 2 amide bonds. The number of hydrogen-bond acceptors (Lipinski definition) is 9. The fourth-order valence-corrected chi connectivity index (χ4v) is 5.07. The SMILES string of the molecule is O=C1N(Cc2cn(CO[P+](=O)OCn3cc(CN4C(=O)C(F)(F)c5ccccc54)nn3)nn2)c2ccccc2C1(F)F. The number of carbonyl (C=O) groups excluding carboxylic acids is 2. The first-order chi connectivity index (χ1) is 20.1. The van der Waals surface area contributed by atoms with Crippen molar-refractivity contribution in [2.45, 2.75) is 38.4 Å². The van der Waals surface area contributed by atoms with Gasteiger partial charge in [0.25, 0.3) is 0 Å². The molecule has 0 aliphatic carbocycles. The lowest BCUT2D eigenvalue weighted by atomic mass is 10.1. The van der Waals surface area contributed by atoms with Crippen LogP contribution in [0.25, 0.3) is 0 Å². The summed E-state index contributed by atoms with van der Waals surface area (Å²) in [5.74, 6) is -10.1. The lowest BCUT2D eigenvalue weighted by Crippen LogP contribution is -2.34. The van der Waals surface area contributed by atoms with Gasteiger partial charge >= 0.3 is 31.9 Å². The lowest BCUT2D eigenvalue weighted by molar-refractivity contribution is -0.142. The molecule has 0 fully saturated rings. The van der Waals surface area contributed by atoms with E-state index in [-0.39, 0.29) is 49.3 Å². The highest BCUT2D eigenvalue weighted by molar-refractivity contribution is 7.33. The van der Waals surface area contributed by atoms with E-state index in [1.807, 2.05) is 0 Å². The lowest BCUT2D eigenvalue weighted by Gasteiger charge is -2.15. The zero-order chi connectivity index (χ0) is 29.6. The zero-order valence-corrected chi connectivity index (χ0v) is 22.1. The van der Waals surface area contributed by atoms with E-state index in [2.05, 4.69) is 20.6 Å². The summed E-state index contributed by atoms with van der Waals surface area (Å²) in [7, 11) is -2.70. The summed E-state index contributed by atoms with van der Waals surface area (Å²) in [4.78, 5) is 26.3. The first kappa shape index (κ1) is 27.6. The second-order valence-electron chi connectivity index (χ2n) is 9.20. The van der Waals surface area contributed by atoms with Gasteiger partial charge in [-0.15, -0.1) is 10.2 Å². The van der Waals surface area contributed by atoms with E-state index >= 15 is 0 Å². The highest BCUT2D eigenvalue weighted by atomic mass is 31.1. The van der Waals surface area contributed by atoms with Crippen LogP contribution in [0.1, 0.15) is 22.5 Å². The molecule has 2 aromatic carbocycles. The zero-order valence-electron chi connectivity index (χ0n) is 21.2. The van der Waals surface area contributed by atoms with Crippen molar-refractivity contribution in [3.05, 3.63) is 83.4 Å². The Morgan fingerprint density at radius 1 is 0.690 bits per heavy atom. The molecule has 0 radical (unpaired) electrons. The number of alkyl halides is 4. The van der Waals surface area contributed by atoms with Crippen LogP contribution >= 0.6 is 8.25 Å². The maximum atomic E-state index is 14.3. The van der Waals surface area contributed by atoms with E-state index in [0.29, 0.717) is 0 Å². The Balaban J connectivity index is 0.998. The summed E-state index contributed by atoms with van der Waals surface area (Å²) in [5.41, 5.74) is -0.279. The monoisotopic (exact) mass is 605 g/mol. The molecule has 0 N–H and O–H groups in total. The van der Waals surface area contributed by atoms with Crippen LogP contribution in [0, 0.1) is 0 Å². The Labute approximate surface area is 234 Å². The van der Waals surface area contributed by atoms with Crippen molar-refractivity contribution in [1.82, 2.24) is 30.0 Å². The smallest absolute Gasteiger partial charge is 0.300 e. The maximum Gasteiger partial charge on any atom is 0.701 e. The van der Waals surface area contributed by atoms with E-state index in [4.69, 9.17) is 9.05 Å². The van der Waals surface area contributed by atoms with Crippen molar-refractivity contribution in [2.24, 2.45) is 0 Å². The average Bonchev–Trinajstić information content (AvgIpc) is 3.71. The molecule has 0 saturated carbocycles. The first-order valence-corrected chi connectivity index (χ1v) is 13.2. The van der Waals surface area contributed by atoms with Crippen molar-refractivity contribution in [2.75, 3.05) is 9.80 Å². The molecule has 4 heterocycles. The minimum atomic E-state index is -3.65. The summed E-state index contributed by atoms with van der Waals surface area (Å²) in [6.07, 6.45) is 2.67. The third-order valence-corrected chi connectivity index (χ3v) is 7.15. The second-order valence-corrected chi connectivity index (χ2v) is 10.2. The van der Waals surface area contributed by atoms with Gasteiger partial charge in [-0.05, 0) is 12.1 Å². The molecule has 2 aliphatic rings. The molecule has 0 bridgehead atoms. The van der Waals surface area contributed by atoms with Crippen LogP contribution in [0.4, 0.5) is 28.9 Å². The van der Waals surface area contributed by atoms with Crippen molar-refractivity contribution >= 4 is 31.4 Å². The number of amides is 2. The number of halogens is 4. The van der Waals surface area contributed by atoms with Crippen LogP contribution < -0.4 is 9.80 Å². The summed E-state index contributed by atoms with van der Waals surface area (Å²) in [5, 5.41) is 15.2. The molecule has 0 spiro atoms. The number of rotatable bonds is 10. The Morgan fingerprint density at radius 2 is 1.10 bits per heavy atom. The molecule has 6 rings (SSSR count). The normalized spacial score (nSPS) is 16.7. The number of aromatic nitrogens is 6. The fraction of sp³-hybridized carbons (Fsp3) is 0.250. The van der Waals surface area contributed by atoms with E-state index in [1.54, 1.807) is 0 Å². The van der Waals surface area contributed by atoms with Crippen LogP contribution in [-0.4, -0.2) is 41.8 Å². The third kappa shape index (κ3) is 4.80. The summed E-state index contributed by atoms with van der Waals surface area (Å²) >= 11 is 0. The van der Waals surface area contributed by atoms with Gasteiger partial charge in [0.05, 0.1) is 48.0 Å². The maximum absolute atomic E-state index is 14.3. The van der Waals surface area contributed by atoms with Crippen molar-refractivity contribution < 1.29 is 40.8 Å². The average molecular weight is 605 g/mol. The summed E-state index contributed by atoms with van der Waals surface area (Å²) in [6.45, 7) is -1.30. The van der Waals surface area contributed by atoms with Gasteiger partial charge in [-0.25, -0.2) is 9.36 Å². The van der Waals surface area contributed by atoms with E-state index < -0.39 is 43.0 Å². The van der Waals surface area contributed by atoms with Crippen LogP contribution in [0.2, 0.25) is 0 Å². The number of benzene rings is 2. The number of anilines is 2. The molecule has 2 aliphatic heterocycles. The summed E-state index contributed by atoms with van der Waals surface area (Å²) in [6, 6.07) is 11.1. The van der Waals surface area contributed by atoms with Gasteiger partial charge in [-0.3, -0.25) is 9.59 Å². The molecule has 18 heteroatoms. The molecule has 4 aromatic rings. The van der Waals surface area contributed by atoms with Gasteiger partial charge in [0.15, 0.2) is 13.5 Å². The standard InChI is InChI=1S/C24H18F4N8O5P/c25-23(26)17-5-1-3-7-19(17)35(21(23)37)11-15-9-33(31-29-15)13-40-42(39)41-14-34-10-16(30-32-34)12-36-20-8-4-2-6-18(20)24(27,28)22(36)38/h1-10H,11-14H2/q+1. The Kier molecular flexibility index (Phi) is 6.79. The molecule has 0 saturated heterocycles. The van der Waals surface area contributed by atoms with Crippen molar-refractivity contribution in [3.63, 3.8) is 0 Å². The van der Waals surface area contributed by atoms with Gasteiger partial charge in [0.2, 0.25) is 0 Å². The van der Waals surface area contributed by atoms with Crippen LogP contribution in [0.5, 0.6) is 0 Å². The third-order valence-electron chi connectivity index (χ3n) is 6.50. The Bertz CT molecular complexity index is 1590. The largest absolute Gasteiger partial charge is 0.701 e. The van der Waals surface area contributed by atoms with E-state index in [9.17, 15) is 31.7 Å². The molecular weight excluding hydrogens is 587 g/mol. The van der Waals surface area contributed by atoms with Crippen LogP contribution in [-0.2, 0) is 61.6 Å². The summed E-state index contributed by atoms with van der Waals surface area (Å²) < 4.78 is 81.9. The van der Waals surface area contributed by atoms with E-state index in [0.717, 1.165) is 19.2 Å². The quantitative estimate of drug-likeness (QED) is 0.197. The van der Waals surface area contributed by atoms with E-state index in [1.165, 1.54) is 60.9 Å². The topological polar surface area (TPSA) is 138 Å². The van der Waals surface area contributed by atoms with Crippen LogP contribution in [0.15, 0.2) is 60.9 Å². The number of nitrogens with zero attached hydrogens (tertiary/aromatic N) is 8. The van der Waals surface area contributed by atoms with Gasteiger partial charge in [-0.2, -0.15) is 17.6 Å². The van der Waals surface area contributed by atoms with Crippen molar-refractivity contribution in [1.29, 1.82) is 0 Å². The minimum absolute atomic E-state index is 0.0702. The van der Waals surface area contributed by atoms with Gasteiger partial charge in [0, 0.05) is 4.57 Å². The Hall–Kier alpha value is -4.60. The van der Waals surface area contributed by atoms with Gasteiger partial charge in [-0.1, -0.05) is 55.9 Å². The first-order valence-electron chi connectivity index (χ1n) is 12.2. The predicted octanol–water partition coefficient (Wildman–Crippen LogP) is 3.45. The number of fused-ring (bicyclic) bond motifs is 2. The highest BCUT2D eigenvalue weighted by Gasteiger charge is 2.53. The Morgan fingerprint density at radius 3 is 1.52 bits per heavy atom. The van der Waals surface area contributed by atoms with Gasteiger partial charge < -0.3 is 9.80 Å². The molecule has 42 heavy (non-hydrogen) atoms. The molecule has 216 valence electrons. The second kappa shape index (κ2) is 10.3. The fourth-order valence-electron chi connectivity index (χ4n) is 4.57. The van der Waals surface area contributed by atoms with Crippen LogP contribution in [0.3, 0.4) is 0 Å². The van der Waals surface area contributed by atoms with Crippen molar-refractivity contribution in [3.8, 4) is 0 Å². The number of para-hydroxylation sites is 2. The molecule has 0 atom stereocenters. The predicted molar refractivity (Wildman–Crippen MR) is 133 cm³/mol. The molecule has 0 unspecified atom stereocenters. The number of hydrogen-bond donors (Lipinski definition) is 0. The molecule has 13 nitrogen and oxygen atoms in total.